The Bertz CT molecular complexity index is 1070. The third kappa shape index (κ3) is 4.60. The Morgan fingerprint density at radius 3 is 1.97 bits per heavy atom. The summed E-state index contributed by atoms with van der Waals surface area (Å²) in [5, 5.41) is 2.88. The molecule has 0 bridgehead atoms. The molecule has 0 radical (unpaired) electrons. The predicted molar refractivity (Wildman–Crippen MR) is 115 cm³/mol. The predicted octanol–water partition coefficient (Wildman–Crippen LogP) is 6.79. The van der Waals surface area contributed by atoms with Crippen molar-refractivity contribution in [2.75, 3.05) is 6.61 Å². The highest BCUT2D eigenvalue weighted by Crippen LogP contribution is 2.57. The number of rotatable bonds is 5. The van der Waals surface area contributed by atoms with Crippen molar-refractivity contribution in [1.82, 2.24) is 5.32 Å². The summed E-state index contributed by atoms with van der Waals surface area (Å²) in [6.07, 6.45) is -10.6. The van der Waals surface area contributed by atoms with Crippen LogP contribution >= 0.6 is 0 Å². The highest BCUT2D eigenvalue weighted by molar-refractivity contribution is 5.73. The van der Waals surface area contributed by atoms with Crippen LogP contribution < -0.4 is 5.32 Å². The van der Waals surface area contributed by atoms with Crippen LogP contribution in [0.3, 0.4) is 0 Å². The van der Waals surface area contributed by atoms with Crippen molar-refractivity contribution in [3.05, 3.63) is 70.8 Å². The molecule has 1 heterocycles. The van der Waals surface area contributed by atoms with E-state index in [2.05, 4.69) is 5.32 Å². The van der Waals surface area contributed by atoms with Gasteiger partial charge in [-0.15, -0.1) is 0 Å². The fourth-order valence-electron chi connectivity index (χ4n) is 5.09. The van der Waals surface area contributed by atoms with E-state index >= 15 is 0 Å². The van der Waals surface area contributed by atoms with E-state index in [1.807, 2.05) is 30.3 Å². The molecular weight excluding hydrogens is 476 g/mol. The third-order valence-electron chi connectivity index (χ3n) is 7.20. The second-order valence-corrected chi connectivity index (χ2v) is 9.90. The molecule has 1 aliphatic carbocycles. The summed E-state index contributed by atoms with van der Waals surface area (Å²) in [4.78, 5) is 11.9. The van der Waals surface area contributed by atoms with Crippen LogP contribution in [0.15, 0.2) is 48.5 Å². The minimum Gasteiger partial charge on any atom is -0.441 e. The van der Waals surface area contributed by atoms with Crippen LogP contribution in [-0.4, -0.2) is 23.8 Å². The Morgan fingerprint density at radius 2 is 1.51 bits per heavy atom. The van der Waals surface area contributed by atoms with E-state index in [4.69, 9.17) is 9.47 Å². The molecular formula is C25H25F6NO3. The molecule has 1 spiro atoms. The molecule has 2 aromatic rings. The SMILES string of the molecule is C[C@@H](OC[C@]1(c2ccccc2)C[C@]2(C1)NC(=O)OC2(C)C)c1cc(C(F)(F)F)cc(C(F)(F)F)c1. The van der Waals surface area contributed by atoms with Gasteiger partial charge in [-0.1, -0.05) is 30.3 Å². The largest absolute Gasteiger partial charge is 0.441 e. The standard InChI is InChI=1S/C25H25F6NO3/c1-15(16-9-18(24(26,27)28)11-19(10-16)25(29,30)31)34-14-22(17-7-5-4-6-8-17)12-23(13-22)21(2,3)35-20(33)32-23/h4-11,15H,12-14H2,1-3H3,(H,32,33)/t15-,22-,23+/m1/s1. The smallest absolute Gasteiger partial charge is 0.416 e. The van der Waals surface area contributed by atoms with E-state index in [9.17, 15) is 31.1 Å². The molecule has 2 fully saturated rings. The number of cyclic esters (lactones) is 1. The lowest BCUT2D eigenvalue weighted by molar-refractivity contribution is -0.143. The first-order chi connectivity index (χ1) is 16.1. The van der Waals surface area contributed by atoms with E-state index in [0.717, 1.165) is 5.56 Å². The molecule has 1 amide bonds. The number of carbonyl (C=O) groups is 1. The fraction of sp³-hybridized carbons (Fsp3) is 0.480. The van der Waals surface area contributed by atoms with E-state index in [1.54, 1.807) is 13.8 Å². The van der Waals surface area contributed by atoms with Gasteiger partial charge in [0.25, 0.3) is 0 Å². The number of ether oxygens (including phenoxy) is 2. The molecule has 10 heteroatoms. The second kappa shape index (κ2) is 8.15. The average Bonchev–Trinajstić information content (AvgIpc) is 2.97. The van der Waals surface area contributed by atoms with E-state index in [-0.39, 0.29) is 18.2 Å². The van der Waals surface area contributed by atoms with Gasteiger partial charge in [-0.25, -0.2) is 4.79 Å². The van der Waals surface area contributed by atoms with Crippen LogP contribution in [0.2, 0.25) is 0 Å². The molecule has 4 rings (SSSR count). The van der Waals surface area contributed by atoms with Gasteiger partial charge in [0.2, 0.25) is 0 Å². The zero-order chi connectivity index (χ0) is 25.9. The maximum Gasteiger partial charge on any atom is 0.416 e. The summed E-state index contributed by atoms with van der Waals surface area (Å²) in [5.74, 6) is 0. The van der Waals surface area contributed by atoms with Gasteiger partial charge in [0.05, 0.1) is 29.4 Å². The average molecular weight is 501 g/mol. The van der Waals surface area contributed by atoms with Crippen LogP contribution in [0.5, 0.6) is 0 Å². The zero-order valence-electron chi connectivity index (χ0n) is 19.3. The Morgan fingerprint density at radius 1 is 0.971 bits per heavy atom. The molecule has 35 heavy (non-hydrogen) atoms. The molecule has 1 saturated carbocycles. The first-order valence-electron chi connectivity index (χ1n) is 11.0. The maximum atomic E-state index is 13.3. The number of hydrogen-bond donors (Lipinski definition) is 1. The summed E-state index contributed by atoms with van der Waals surface area (Å²) in [6, 6.07) is 10.8. The van der Waals surface area contributed by atoms with Crippen LogP contribution in [0.4, 0.5) is 31.1 Å². The van der Waals surface area contributed by atoms with Gasteiger partial charge in [-0.3, -0.25) is 0 Å². The summed E-state index contributed by atoms with van der Waals surface area (Å²) in [7, 11) is 0. The second-order valence-electron chi connectivity index (χ2n) is 9.90. The van der Waals surface area contributed by atoms with Gasteiger partial charge in [-0.2, -0.15) is 26.3 Å². The third-order valence-corrected chi connectivity index (χ3v) is 7.20. The van der Waals surface area contributed by atoms with Gasteiger partial charge in [0.1, 0.15) is 5.60 Å². The normalized spacial score (nSPS) is 26.7. The van der Waals surface area contributed by atoms with Crippen LogP contribution in [-0.2, 0) is 27.2 Å². The van der Waals surface area contributed by atoms with Gasteiger partial charge in [0, 0.05) is 5.41 Å². The van der Waals surface area contributed by atoms with Crippen molar-refractivity contribution in [3.63, 3.8) is 0 Å². The Hall–Kier alpha value is -2.75. The Kier molecular flexibility index (Phi) is 5.90. The highest BCUT2D eigenvalue weighted by atomic mass is 19.4. The summed E-state index contributed by atoms with van der Waals surface area (Å²) >= 11 is 0. The lowest BCUT2D eigenvalue weighted by Gasteiger charge is -2.58. The fourth-order valence-corrected chi connectivity index (χ4v) is 5.09. The van der Waals surface area contributed by atoms with Crippen LogP contribution in [0.1, 0.15) is 62.0 Å². The molecule has 1 atom stereocenters. The van der Waals surface area contributed by atoms with Crippen molar-refractivity contribution in [3.8, 4) is 0 Å². The lowest BCUT2D eigenvalue weighted by atomic mass is 9.50. The quantitative estimate of drug-likeness (QED) is 0.459. The first kappa shape index (κ1) is 25.3. The summed E-state index contributed by atoms with van der Waals surface area (Å²) < 4.78 is 91.0. The molecule has 1 aliphatic heterocycles. The van der Waals surface area contributed by atoms with Crippen molar-refractivity contribution in [1.29, 1.82) is 0 Å². The van der Waals surface area contributed by atoms with Crippen molar-refractivity contribution in [2.45, 2.75) is 68.6 Å². The van der Waals surface area contributed by atoms with Gasteiger partial charge in [0.15, 0.2) is 0 Å². The van der Waals surface area contributed by atoms with Crippen molar-refractivity contribution < 1.29 is 40.6 Å². The number of hydrogen-bond acceptors (Lipinski definition) is 3. The Labute approximate surface area is 198 Å². The first-order valence-corrected chi connectivity index (χ1v) is 11.0. The van der Waals surface area contributed by atoms with Gasteiger partial charge < -0.3 is 14.8 Å². The number of benzene rings is 2. The number of alkyl halides is 6. The number of amides is 1. The summed E-state index contributed by atoms with van der Waals surface area (Å²) in [5.41, 5.74) is -4.15. The molecule has 0 unspecified atom stereocenters. The molecule has 2 aromatic carbocycles. The minimum absolute atomic E-state index is 0.0312. The molecule has 2 aliphatic rings. The zero-order valence-corrected chi connectivity index (χ0v) is 19.3. The highest BCUT2D eigenvalue weighted by Gasteiger charge is 2.67. The van der Waals surface area contributed by atoms with Crippen molar-refractivity contribution >= 4 is 6.09 Å². The number of nitrogens with one attached hydrogen (secondary N) is 1. The molecule has 1 saturated heterocycles. The monoisotopic (exact) mass is 501 g/mol. The summed E-state index contributed by atoms with van der Waals surface area (Å²) in [6.45, 7) is 5.05. The van der Waals surface area contributed by atoms with E-state index < -0.39 is 52.2 Å². The van der Waals surface area contributed by atoms with Crippen molar-refractivity contribution in [2.24, 2.45) is 0 Å². The maximum absolute atomic E-state index is 13.3. The number of halogens is 6. The number of alkyl carbamates (subject to hydrolysis) is 1. The topological polar surface area (TPSA) is 47.6 Å². The molecule has 1 N–H and O–H groups in total. The lowest BCUT2D eigenvalue weighted by Crippen LogP contribution is -2.69. The minimum atomic E-state index is -4.94. The van der Waals surface area contributed by atoms with E-state index in [1.165, 1.54) is 6.92 Å². The van der Waals surface area contributed by atoms with E-state index in [0.29, 0.717) is 25.0 Å². The van der Waals surface area contributed by atoms with Crippen LogP contribution in [0.25, 0.3) is 0 Å². The molecule has 0 aromatic heterocycles. The van der Waals surface area contributed by atoms with Gasteiger partial charge >= 0.3 is 18.4 Å². The molecule has 190 valence electrons. The molecule has 4 nitrogen and oxygen atoms in total. The number of carbonyl (C=O) groups excluding carboxylic acids is 1. The van der Waals surface area contributed by atoms with Crippen LogP contribution in [0, 0.1) is 0 Å². The Balaban J connectivity index is 1.61. The van der Waals surface area contributed by atoms with Gasteiger partial charge in [-0.05, 0) is 62.9 Å².